The quantitative estimate of drug-likeness (QED) is 0.127. The molecule has 0 bridgehead atoms. The van der Waals surface area contributed by atoms with E-state index in [4.69, 9.17) is 9.47 Å². The van der Waals surface area contributed by atoms with Crippen molar-refractivity contribution < 1.29 is 27.8 Å². The Kier molecular flexibility index (Phi) is 11.2. The van der Waals surface area contributed by atoms with E-state index in [-0.39, 0.29) is 46.5 Å². The molecule has 11 nitrogen and oxygen atoms in total. The molecule has 0 unspecified atom stereocenters. The van der Waals surface area contributed by atoms with E-state index >= 15 is 0 Å². The minimum atomic E-state index is -4.23. The first-order valence-electron chi connectivity index (χ1n) is 16.6. The average molecular weight is 688 g/mol. The molecule has 1 saturated carbocycles. The number of hydrogen-bond donors (Lipinski definition) is 3. The molecule has 4 aromatic rings. The van der Waals surface area contributed by atoms with Crippen molar-refractivity contribution in [1.29, 1.82) is 0 Å². The Balaban J connectivity index is 1.37. The zero-order valence-corrected chi connectivity index (χ0v) is 29.5. The fourth-order valence-electron chi connectivity index (χ4n) is 6.01. The van der Waals surface area contributed by atoms with Crippen molar-refractivity contribution in [2.24, 2.45) is 5.41 Å². The molecule has 5 rings (SSSR count). The Morgan fingerprint density at radius 1 is 1.00 bits per heavy atom. The zero-order valence-electron chi connectivity index (χ0n) is 28.7. The molecule has 1 aliphatic carbocycles. The number of aromatic carboxylic acids is 1. The monoisotopic (exact) mass is 687 g/mol. The van der Waals surface area contributed by atoms with E-state index in [1.54, 1.807) is 12.3 Å². The fourth-order valence-corrected chi connectivity index (χ4v) is 7.00. The SMILES string of the molecule is Cc1cccc(C)c1-c1cc(OC[C@@H](CC(C)(C)C)NCc2ccc(OC3CCCC3)cn2)nc(NS(=O)(=O)c2cccc(C(=O)O)c2)n1. The first kappa shape index (κ1) is 35.7. The van der Waals surface area contributed by atoms with Crippen molar-refractivity contribution in [3.8, 4) is 22.9 Å². The highest BCUT2D eigenvalue weighted by Crippen LogP contribution is 2.30. The molecule has 49 heavy (non-hydrogen) atoms. The Morgan fingerprint density at radius 2 is 1.71 bits per heavy atom. The second kappa shape index (κ2) is 15.3. The predicted octanol–water partition coefficient (Wildman–Crippen LogP) is 6.95. The highest BCUT2D eigenvalue weighted by atomic mass is 32.2. The van der Waals surface area contributed by atoms with E-state index in [0.29, 0.717) is 12.2 Å². The first-order valence-corrected chi connectivity index (χ1v) is 18.0. The van der Waals surface area contributed by atoms with Crippen LogP contribution in [0.1, 0.15) is 80.1 Å². The van der Waals surface area contributed by atoms with Crippen LogP contribution in [0.3, 0.4) is 0 Å². The van der Waals surface area contributed by atoms with E-state index < -0.39 is 16.0 Å². The topological polar surface area (TPSA) is 153 Å². The van der Waals surface area contributed by atoms with Gasteiger partial charge in [-0.1, -0.05) is 45.0 Å². The molecule has 260 valence electrons. The molecule has 0 saturated heterocycles. The molecule has 1 atom stereocenters. The van der Waals surface area contributed by atoms with Crippen molar-refractivity contribution in [3.05, 3.63) is 89.2 Å². The number of aryl methyl sites for hydroxylation is 2. The van der Waals surface area contributed by atoms with Crippen LogP contribution in [-0.4, -0.2) is 53.2 Å². The van der Waals surface area contributed by atoms with Crippen LogP contribution in [0.4, 0.5) is 5.95 Å². The maximum atomic E-state index is 13.4. The van der Waals surface area contributed by atoms with Gasteiger partial charge in [0.15, 0.2) is 0 Å². The van der Waals surface area contributed by atoms with Crippen LogP contribution in [0.5, 0.6) is 11.6 Å². The molecule has 0 amide bonds. The van der Waals surface area contributed by atoms with Gasteiger partial charge in [0.1, 0.15) is 12.4 Å². The summed E-state index contributed by atoms with van der Waals surface area (Å²) >= 11 is 0. The summed E-state index contributed by atoms with van der Waals surface area (Å²) in [5.41, 5.74) is 3.92. The summed E-state index contributed by atoms with van der Waals surface area (Å²) in [5, 5.41) is 13.0. The van der Waals surface area contributed by atoms with Gasteiger partial charge in [-0.3, -0.25) is 4.98 Å². The molecule has 2 heterocycles. The van der Waals surface area contributed by atoms with Gasteiger partial charge in [0.05, 0.1) is 34.1 Å². The van der Waals surface area contributed by atoms with Gasteiger partial charge in [-0.25, -0.2) is 22.9 Å². The summed E-state index contributed by atoms with van der Waals surface area (Å²) in [6, 6.07) is 16.5. The average Bonchev–Trinajstić information content (AvgIpc) is 3.55. The highest BCUT2D eigenvalue weighted by Gasteiger charge is 2.23. The van der Waals surface area contributed by atoms with Crippen molar-refractivity contribution in [1.82, 2.24) is 20.3 Å². The minimum absolute atomic E-state index is 0.0200. The summed E-state index contributed by atoms with van der Waals surface area (Å²) < 4.78 is 41.5. The van der Waals surface area contributed by atoms with Gasteiger partial charge in [-0.15, -0.1) is 0 Å². The van der Waals surface area contributed by atoms with Crippen LogP contribution in [-0.2, 0) is 16.6 Å². The molecule has 12 heteroatoms. The number of sulfonamides is 1. The van der Waals surface area contributed by atoms with Gasteiger partial charge in [-0.05, 0) is 92.8 Å². The second-order valence-electron chi connectivity index (χ2n) is 13.8. The third-order valence-electron chi connectivity index (χ3n) is 8.32. The summed E-state index contributed by atoms with van der Waals surface area (Å²) in [4.78, 5) is 24.9. The number of benzene rings is 2. The van der Waals surface area contributed by atoms with Gasteiger partial charge in [0.2, 0.25) is 11.8 Å². The molecule has 2 aromatic heterocycles. The smallest absolute Gasteiger partial charge is 0.335 e. The first-order chi connectivity index (χ1) is 23.3. The van der Waals surface area contributed by atoms with Gasteiger partial charge in [0, 0.05) is 24.2 Å². The number of carbonyl (C=O) groups is 1. The molecule has 1 fully saturated rings. The molecule has 1 aliphatic rings. The highest BCUT2D eigenvalue weighted by molar-refractivity contribution is 7.92. The maximum Gasteiger partial charge on any atom is 0.335 e. The number of carboxylic acids is 1. The number of nitrogens with zero attached hydrogens (tertiary/aromatic N) is 3. The summed E-state index contributed by atoms with van der Waals surface area (Å²) in [7, 11) is -4.23. The number of ether oxygens (including phenoxy) is 2. The van der Waals surface area contributed by atoms with Gasteiger partial charge >= 0.3 is 5.97 Å². The van der Waals surface area contributed by atoms with Crippen LogP contribution < -0.4 is 19.5 Å². The number of pyridine rings is 1. The molecule has 2 aromatic carbocycles. The third-order valence-corrected chi connectivity index (χ3v) is 9.65. The molecule has 0 aliphatic heterocycles. The van der Waals surface area contributed by atoms with Crippen molar-refractivity contribution in [2.75, 3.05) is 11.3 Å². The molecule has 0 spiro atoms. The van der Waals surface area contributed by atoms with E-state index in [1.807, 2.05) is 44.2 Å². The molecular formula is C37H45N5O6S. The Bertz CT molecular complexity index is 1850. The maximum absolute atomic E-state index is 13.4. The lowest BCUT2D eigenvalue weighted by Gasteiger charge is -2.27. The number of carboxylic acid groups (broad SMARTS) is 1. The van der Waals surface area contributed by atoms with Crippen molar-refractivity contribution in [3.63, 3.8) is 0 Å². The number of aromatic nitrogens is 3. The van der Waals surface area contributed by atoms with E-state index in [9.17, 15) is 18.3 Å². The number of nitrogens with one attached hydrogen (secondary N) is 2. The molecule has 3 N–H and O–H groups in total. The lowest BCUT2D eigenvalue weighted by Crippen LogP contribution is -2.37. The van der Waals surface area contributed by atoms with Crippen LogP contribution in [0, 0.1) is 19.3 Å². The Labute approximate surface area is 288 Å². The Morgan fingerprint density at radius 3 is 2.37 bits per heavy atom. The Hall–Kier alpha value is -4.55. The predicted molar refractivity (Wildman–Crippen MR) is 188 cm³/mol. The van der Waals surface area contributed by atoms with Crippen LogP contribution in [0.2, 0.25) is 0 Å². The van der Waals surface area contributed by atoms with E-state index in [0.717, 1.165) is 53.5 Å². The molecular weight excluding hydrogens is 643 g/mol. The third kappa shape index (κ3) is 9.99. The van der Waals surface area contributed by atoms with Gasteiger partial charge < -0.3 is 19.9 Å². The minimum Gasteiger partial charge on any atom is -0.489 e. The normalized spacial score (nSPS) is 14.4. The summed E-state index contributed by atoms with van der Waals surface area (Å²) in [5.74, 6) is -0.451. The lowest BCUT2D eigenvalue weighted by molar-refractivity contribution is 0.0696. The van der Waals surface area contributed by atoms with Crippen LogP contribution >= 0.6 is 0 Å². The summed E-state index contributed by atoms with van der Waals surface area (Å²) in [6.45, 7) is 11.1. The van der Waals surface area contributed by atoms with Crippen molar-refractivity contribution in [2.45, 2.75) is 90.3 Å². The standard InChI is InChI=1S/C37H45N5O6S/c1-24-10-8-11-25(2)34(24)32-19-33(41-36(40-32)42-49(45,46)31-15-9-12-26(18-31)35(43)44)47-23-28(20-37(3,4)5)38-21-27-16-17-30(22-39-27)48-29-13-6-7-14-29/h8-12,15-19,22,28-29,38H,6-7,13-14,20-21,23H2,1-5H3,(H,43,44)(H,40,41,42)/t28-/m1/s1. The zero-order chi connectivity index (χ0) is 35.2. The van der Waals surface area contributed by atoms with Crippen molar-refractivity contribution >= 4 is 21.9 Å². The van der Waals surface area contributed by atoms with Crippen LogP contribution in [0.25, 0.3) is 11.3 Å². The lowest BCUT2D eigenvalue weighted by atomic mass is 9.88. The number of rotatable bonds is 14. The fraction of sp³-hybridized carbons (Fsp3) is 0.405. The molecule has 0 radical (unpaired) electrons. The summed E-state index contributed by atoms with van der Waals surface area (Å²) in [6.07, 6.45) is 7.42. The van der Waals surface area contributed by atoms with Crippen LogP contribution in [0.15, 0.2) is 71.8 Å². The second-order valence-corrected chi connectivity index (χ2v) is 15.5. The van der Waals surface area contributed by atoms with E-state index in [1.165, 1.54) is 31.0 Å². The largest absolute Gasteiger partial charge is 0.489 e. The van der Waals surface area contributed by atoms with Gasteiger partial charge in [0.25, 0.3) is 10.0 Å². The number of anilines is 1. The number of hydrogen-bond acceptors (Lipinski definition) is 9. The van der Waals surface area contributed by atoms with E-state index in [2.05, 4.69) is 45.8 Å². The van der Waals surface area contributed by atoms with Gasteiger partial charge in [-0.2, -0.15) is 4.98 Å².